The molecule has 3 nitrogen and oxygen atoms in total. The SMILES string of the molecule is CC[C@H]1OC(F)(C(F)c2ccccc2)[C@H](OCc2ccccc2)[C@@H](OCc2ccccc2)[C@@H]1C. The maximum absolute atomic E-state index is 16.8. The molecule has 0 radical (unpaired) electrons. The van der Waals surface area contributed by atoms with Crippen LogP contribution in [-0.2, 0) is 27.4 Å². The number of hydrogen-bond acceptors (Lipinski definition) is 3. The van der Waals surface area contributed by atoms with E-state index in [4.69, 9.17) is 14.2 Å². The number of hydrogen-bond donors (Lipinski definition) is 0. The zero-order chi connectivity index (χ0) is 24.0. The summed E-state index contributed by atoms with van der Waals surface area (Å²) in [6.07, 6.45) is -3.97. The fraction of sp³-hybridized carbons (Fsp3) is 0.379. The lowest BCUT2D eigenvalue weighted by atomic mass is 9.82. The molecule has 3 aromatic rings. The summed E-state index contributed by atoms with van der Waals surface area (Å²) >= 11 is 0. The molecule has 0 aromatic heterocycles. The van der Waals surface area contributed by atoms with Gasteiger partial charge in [-0.3, -0.25) is 0 Å². The Morgan fingerprint density at radius 2 is 1.32 bits per heavy atom. The normalized spacial score (nSPS) is 27.9. The molecule has 2 unspecified atom stereocenters. The molecule has 1 heterocycles. The third-order valence-corrected chi connectivity index (χ3v) is 6.52. The van der Waals surface area contributed by atoms with Gasteiger partial charge in [0.05, 0.1) is 25.4 Å². The first kappa shape index (κ1) is 24.5. The van der Waals surface area contributed by atoms with Crippen molar-refractivity contribution in [2.75, 3.05) is 0 Å². The number of alkyl halides is 2. The van der Waals surface area contributed by atoms with Gasteiger partial charge < -0.3 is 14.2 Å². The van der Waals surface area contributed by atoms with Crippen LogP contribution in [-0.4, -0.2) is 24.2 Å². The predicted octanol–water partition coefficient (Wildman–Crippen LogP) is 6.98. The van der Waals surface area contributed by atoms with Crippen molar-refractivity contribution in [1.82, 2.24) is 0 Å². The minimum Gasteiger partial charge on any atom is -0.370 e. The largest absolute Gasteiger partial charge is 0.370 e. The first-order valence-corrected chi connectivity index (χ1v) is 11.9. The van der Waals surface area contributed by atoms with Crippen LogP contribution in [0.2, 0.25) is 0 Å². The van der Waals surface area contributed by atoms with Crippen molar-refractivity contribution < 1.29 is 23.0 Å². The minimum absolute atomic E-state index is 0.122. The highest BCUT2D eigenvalue weighted by Crippen LogP contribution is 2.47. The molecule has 0 aliphatic carbocycles. The van der Waals surface area contributed by atoms with Gasteiger partial charge in [-0.1, -0.05) is 105 Å². The smallest absolute Gasteiger partial charge is 0.274 e. The molecule has 3 aromatic carbocycles. The van der Waals surface area contributed by atoms with Crippen LogP contribution < -0.4 is 0 Å². The van der Waals surface area contributed by atoms with Gasteiger partial charge in [0.2, 0.25) is 0 Å². The van der Waals surface area contributed by atoms with Crippen molar-refractivity contribution in [3.63, 3.8) is 0 Å². The fourth-order valence-corrected chi connectivity index (χ4v) is 4.60. The summed E-state index contributed by atoms with van der Waals surface area (Å²) in [5, 5.41) is 0. The first-order valence-electron chi connectivity index (χ1n) is 11.9. The molecule has 4 rings (SSSR count). The van der Waals surface area contributed by atoms with E-state index in [0.29, 0.717) is 6.42 Å². The zero-order valence-corrected chi connectivity index (χ0v) is 19.6. The average molecular weight is 467 g/mol. The molecular formula is C29H32F2O3. The Labute approximate surface area is 200 Å². The van der Waals surface area contributed by atoms with Crippen LogP contribution in [0.15, 0.2) is 91.0 Å². The number of halogens is 2. The summed E-state index contributed by atoms with van der Waals surface area (Å²) in [6, 6.07) is 27.5. The van der Waals surface area contributed by atoms with E-state index in [2.05, 4.69) is 0 Å². The van der Waals surface area contributed by atoms with E-state index in [9.17, 15) is 0 Å². The molecule has 5 heteroatoms. The van der Waals surface area contributed by atoms with Crippen LogP contribution in [0.5, 0.6) is 0 Å². The average Bonchev–Trinajstić information content (AvgIpc) is 2.89. The summed E-state index contributed by atoms with van der Waals surface area (Å²) in [5.41, 5.74) is 2.04. The number of ether oxygens (including phenoxy) is 3. The lowest BCUT2D eigenvalue weighted by Crippen LogP contribution is -2.62. The van der Waals surface area contributed by atoms with Crippen LogP contribution in [0.25, 0.3) is 0 Å². The lowest BCUT2D eigenvalue weighted by Gasteiger charge is -2.49. The van der Waals surface area contributed by atoms with E-state index in [-0.39, 0.29) is 24.7 Å². The van der Waals surface area contributed by atoms with Crippen molar-refractivity contribution in [2.24, 2.45) is 5.92 Å². The second-order valence-electron chi connectivity index (χ2n) is 8.87. The zero-order valence-electron chi connectivity index (χ0n) is 19.6. The van der Waals surface area contributed by atoms with E-state index >= 15 is 8.78 Å². The van der Waals surface area contributed by atoms with E-state index < -0.39 is 30.3 Å². The van der Waals surface area contributed by atoms with Crippen LogP contribution in [0, 0.1) is 5.92 Å². The van der Waals surface area contributed by atoms with Crippen LogP contribution >= 0.6 is 0 Å². The monoisotopic (exact) mass is 466 g/mol. The van der Waals surface area contributed by atoms with Gasteiger partial charge in [0.15, 0.2) is 6.17 Å². The van der Waals surface area contributed by atoms with Crippen molar-refractivity contribution in [3.8, 4) is 0 Å². The van der Waals surface area contributed by atoms with Gasteiger partial charge in [-0.05, 0) is 23.1 Å². The summed E-state index contributed by atoms with van der Waals surface area (Å²) in [4.78, 5) is 0. The molecule has 0 saturated carbocycles. The second kappa shape index (κ2) is 11.2. The fourth-order valence-electron chi connectivity index (χ4n) is 4.60. The summed E-state index contributed by atoms with van der Waals surface area (Å²) in [7, 11) is 0. The molecule has 34 heavy (non-hydrogen) atoms. The molecule has 0 amide bonds. The van der Waals surface area contributed by atoms with Gasteiger partial charge in [-0.25, -0.2) is 8.78 Å². The molecule has 0 bridgehead atoms. The van der Waals surface area contributed by atoms with Crippen molar-refractivity contribution in [2.45, 2.75) is 63.8 Å². The Bertz CT molecular complexity index is 1000. The van der Waals surface area contributed by atoms with Crippen LogP contribution in [0.4, 0.5) is 8.78 Å². The third kappa shape index (κ3) is 5.38. The highest BCUT2D eigenvalue weighted by molar-refractivity contribution is 5.22. The standard InChI is InChI=1S/C29H32F2O3/c1-3-25-21(2)26(32-19-22-13-7-4-8-14-22)28(33-20-23-15-9-5-10-16-23)29(31,34-25)27(30)24-17-11-6-12-18-24/h4-18,21,25-28H,3,19-20H2,1-2H3/t21-,25-,26+,27?,28-,29?/m1/s1. The molecule has 0 N–H and O–H groups in total. The molecule has 1 aliphatic heterocycles. The Hall–Kier alpha value is -2.60. The molecular weight excluding hydrogens is 434 g/mol. The second-order valence-corrected chi connectivity index (χ2v) is 8.87. The summed E-state index contributed by atoms with van der Waals surface area (Å²) < 4.78 is 51.0. The Kier molecular flexibility index (Phi) is 8.09. The molecule has 6 atom stereocenters. The quantitative estimate of drug-likeness (QED) is 0.341. The van der Waals surface area contributed by atoms with Gasteiger partial charge in [0.25, 0.3) is 5.85 Å². The Balaban J connectivity index is 1.67. The van der Waals surface area contributed by atoms with Crippen LogP contribution in [0.3, 0.4) is 0 Å². The topological polar surface area (TPSA) is 27.7 Å². The summed E-state index contributed by atoms with van der Waals surface area (Å²) in [5.74, 6) is -2.90. The van der Waals surface area contributed by atoms with E-state index in [1.807, 2.05) is 74.5 Å². The van der Waals surface area contributed by atoms with Crippen molar-refractivity contribution in [1.29, 1.82) is 0 Å². The van der Waals surface area contributed by atoms with Gasteiger partial charge in [-0.15, -0.1) is 0 Å². The molecule has 180 valence electrons. The lowest BCUT2D eigenvalue weighted by molar-refractivity contribution is -0.343. The minimum atomic E-state index is -2.70. The van der Waals surface area contributed by atoms with Crippen molar-refractivity contribution >= 4 is 0 Å². The predicted molar refractivity (Wildman–Crippen MR) is 128 cm³/mol. The summed E-state index contributed by atoms with van der Waals surface area (Å²) in [6.45, 7) is 4.27. The number of rotatable bonds is 9. The van der Waals surface area contributed by atoms with Gasteiger partial charge in [0.1, 0.15) is 6.10 Å². The van der Waals surface area contributed by atoms with Crippen molar-refractivity contribution in [3.05, 3.63) is 108 Å². The molecule has 1 saturated heterocycles. The molecule has 0 spiro atoms. The molecule has 1 fully saturated rings. The van der Waals surface area contributed by atoms with E-state index in [1.165, 1.54) is 0 Å². The van der Waals surface area contributed by atoms with Gasteiger partial charge in [0, 0.05) is 5.92 Å². The van der Waals surface area contributed by atoms with E-state index in [0.717, 1.165) is 11.1 Å². The highest BCUT2D eigenvalue weighted by atomic mass is 19.2. The third-order valence-electron chi connectivity index (χ3n) is 6.52. The highest BCUT2D eigenvalue weighted by Gasteiger charge is 2.60. The van der Waals surface area contributed by atoms with E-state index in [1.54, 1.807) is 30.3 Å². The molecule has 1 aliphatic rings. The Morgan fingerprint density at radius 1 is 0.824 bits per heavy atom. The number of benzene rings is 3. The van der Waals surface area contributed by atoms with Gasteiger partial charge >= 0.3 is 0 Å². The Morgan fingerprint density at radius 3 is 1.85 bits per heavy atom. The maximum Gasteiger partial charge on any atom is 0.274 e. The maximum atomic E-state index is 16.8. The van der Waals surface area contributed by atoms with Gasteiger partial charge in [-0.2, -0.15) is 0 Å². The first-order chi connectivity index (χ1) is 16.5. The van der Waals surface area contributed by atoms with Crippen LogP contribution in [0.1, 0.15) is 43.1 Å².